The maximum Gasteiger partial charge on any atom is 0.335 e. The number of aromatic carboxylic acids is 1. The van der Waals surface area contributed by atoms with E-state index in [0.717, 1.165) is 5.56 Å². The zero-order chi connectivity index (χ0) is 17.4. The van der Waals surface area contributed by atoms with Gasteiger partial charge >= 0.3 is 5.97 Å². The molecule has 0 saturated carbocycles. The van der Waals surface area contributed by atoms with Crippen LogP contribution < -0.4 is 4.72 Å². The Balaban J connectivity index is 2.41. The van der Waals surface area contributed by atoms with Crippen molar-refractivity contribution in [1.29, 1.82) is 0 Å². The molecular formula is C15H19N3O4S. The molecule has 7 nitrogen and oxygen atoms in total. The molecule has 2 aromatic rings. The van der Waals surface area contributed by atoms with E-state index in [1.165, 1.54) is 12.1 Å². The predicted molar refractivity (Wildman–Crippen MR) is 84.8 cm³/mol. The maximum atomic E-state index is 12.6. The SMILES string of the molecule is Cc1cc(C(=O)O)cc(S(=O)(=O)NC(C)c2cnn(C)c2)c1C. The quantitative estimate of drug-likeness (QED) is 0.866. The molecule has 124 valence electrons. The number of hydrogen-bond donors (Lipinski definition) is 2. The largest absolute Gasteiger partial charge is 0.478 e. The fourth-order valence-corrected chi connectivity index (χ4v) is 3.83. The van der Waals surface area contributed by atoms with Crippen molar-refractivity contribution in [3.63, 3.8) is 0 Å². The molecule has 8 heteroatoms. The van der Waals surface area contributed by atoms with Crippen LogP contribution in [0.2, 0.25) is 0 Å². The highest BCUT2D eigenvalue weighted by atomic mass is 32.2. The fraction of sp³-hybridized carbons (Fsp3) is 0.333. The zero-order valence-electron chi connectivity index (χ0n) is 13.4. The molecule has 1 atom stereocenters. The summed E-state index contributed by atoms with van der Waals surface area (Å²) in [5.74, 6) is -1.16. The van der Waals surface area contributed by atoms with Crippen molar-refractivity contribution in [2.45, 2.75) is 31.7 Å². The summed E-state index contributed by atoms with van der Waals surface area (Å²) in [6.45, 7) is 5.05. The number of carboxylic acid groups (broad SMARTS) is 1. The van der Waals surface area contributed by atoms with E-state index in [0.29, 0.717) is 11.1 Å². The minimum Gasteiger partial charge on any atom is -0.478 e. The molecule has 0 bridgehead atoms. The zero-order valence-corrected chi connectivity index (χ0v) is 14.2. The lowest BCUT2D eigenvalue weighted by Crippen LogP contribution is -2.27. The van der Waals surface area contributed by atoms with E-state index in [9.17, 15) is 13.2 Å². The number of carbonyl (C=O) groups is 1. The summed E-state index contributed by atoms with van der Waals surface area (Å²) in [6.07, 6.45) is 3.30. The molecule has 2 N–H and O–H groups in total. The van der Waals surface area contributed by atoms with Crippen LogP contribution in [-0.4, -0.2) is 29.3 Å². The molecule has 0 aliphatic carbocycles. The lowest BCUT2D eigenvalue weighted by Gasteiger charge is -2.16. The Bertz CT molecular complexity index is 856. The molecule has 23 heavy (non-hydrogen) atoms. The van der Waals surface area contributed by atoms with Gasteiger partial charge in [-0.25, -0.2) is 17.9 Å². The van der Waals surface area contributed by atoms with Gasteiger partial charge in [0.1, 0.15) is 0 Å². The van der Waals surface area contributed by atoms with Crippen LogP contribution in [0, 0.1) is 13.8 Å². The molecule has 1 aromatic heterocycles. The van der Waals surface area contributed by atoms with Crippen LogP contribution in [-0.2, 0) is 17.1 Å². The van der Waals surface area contributed by atoms with Crippen molar-refractivity contribution in [3.05, 3.63) is 46.8 Å². The minimum absolute atomic E-state index is 0.0226. The highest BCUT2D eigenvalue weighted by molar-refractivity contribution is 7.89. The third kappa shape index (κ3) is 3.59. The second kappa shape index (κ2) is 6.13. The smallest absolute Gasteiger partial charge is 0.335 e. The van der Waals surface area contributed by atoms with Gasteiger partial charge in [-0.1, -0.05) is 0 Å². The number of aryl methyl sites for hydroxylation is 2. The maximum absolute atomic E-state index is 12.6. The van der Waals surface area contributed by atoms with Gasteiger partial charge in [-0.2, -0.15) is 5.10 Å². The van der Waals surface area contributed by atoms with Crippen LogP contribution in [0.5, 0.6) is 0 Å². The molecule has 1 heterocycles. The lowest BCUT2D eigenvalue weighted by molar-refractivity contribution is 0.0696. The summed E-state index contributed by atoms with van der Waals surface area (Å²) in [4.78, 5) is 11.1. The van der Waals surface area contributed by atoms with Gasteiger partial charge in [-0.15, -0.1) is 0 Å². The average molecular weight is 337 g/mol. The van der Waals surface area contributed by atoms with E-state index in [1.807, 2.05) is 0 Å². The third-order valence-corrected chi connectivity index (χ3v) is 5.38. The van der Waals surface area contributed by atoms with Crippen molar-refractivity contribution < 1.29 is 18.3 Å². The summed E-state index contributed by atoms with van der Waals surface area (Å²) in [5.41, 5.74) is 1.81. The third-order valence-electron chi connectivity index (χ3n) is 3.71. The Morgan fingerprint density at radius 1 is 1.35 bits per heavy atom. The first-order chi connectivity index (χ1) is 10.6. The number of rotatable bonds is 5. The molecule has 0 fully saturated rings. The Labute approximate surface area is 135 Å². The summed E-state index contributed by atoms with van der Waals surface area (Å²) in [7, 11) is -2.11. The van der Waals surface area contributed by atoms with Gasteiger partial charge in [-0.3, -0.25) is 4.68 Å². The van der Waals surface area contributed by atoms with Crippen molar-refractivity contribution in [2.75, 3.05) is 0 Å². The molecule has 0 radical (unpaired) electrons. The normalized spacial score (nSPS) is 13.0. The first kappa shape index (κ1) is 17.2. The number of hydrogen-bond acceptors (Lipinski definition) is 4. The topological polar surface area (TPSA) is 101 Å². The highest BCUT2D eigenvalue weighted by Crippen LogP contribution is 2.23. The lowest BCUT2D eigenvalue weighted by atomic mass is 10.1. The van der Waals surface area contributed by atoms with Gasteiger partial charge in [-0.05, 0) is 44.0 Å². The van der Waals surface area contributed by atoms with Gasteiger partial charge in [0, 0.05) is 24.8 Å². The van der Waals surface area contributed by atoms with Crippen molar-refractivity contribution in [3.8, 4) is 0 Å². The fourth-order valence-electron chi connectivity index (χ4n) is 2.26. The monoisotopic (exact) mass is 337 g/mol. The van der Waals surface area contributed by atoms with Gasteiger partial charge in [0.05, 0.1) is 16.7 Å². The number of sulfonamides is 1. The molecule has 0 saturated heterocycles. The van der Waals surface area contributed by atoms with Gasteiger partial charge in [0.25, 0.3) is 0 Å². The van der Waals surface area contributed by atoms with Gasteiger partial charge < -0.3 is 5.11 Å². The Morgan fingerprint density at radius 2 is 2.00 bits per heavy atom. The number of nitrogens with zero attached hydrogens (tertiary/aromatic N) is 2. The predicted octanol–water partition coefficient (Wildman–Crippen LogP) is 1.77. The Hall–Kier alpha value is -2.19. The number of aromatic nitrogens is 2. The second-order valence-corrected chi connectivity index (χ2v) is 7.19. The Morgan fingerprint density at radius 3 is 2.52 bits per heavy atom. The van der Waals surface area contributed by atoms with E-state index in [1.54, 1.807) is 44.9 Å². The molecule has 0 spiro atoms. The summed E-state index contributed by atoms with van der Waals surface area (Å²) < 4.78 is 29.4. The Kier molecular flexibility index (Phi) is 4.58. The molecule has 1 unspecified atom stereocenters. The molecule has 0 aliphatic heterocycles. The summed E-state index contributed by atoms with van der Waals surface area (Å²) in [6, 6.07) is 2.16. The first-order valence-electron chi connectivity index (χ1n) is 6.97. The number of carboxylic acids is 1. The van der Waals surface area contributed by atoms with Gasteiger partial charge in [0.15, 0.2) is 0 Å². The van der Waals surface area contributed by atoms with E-state index in [2.05, 4.69) is 9.82 Å². The van der Waals surface area contributed by atoms with Crippen LogP contribution in [0.25, 0.3) is 0 Å². The van der Waals surface area contributed by atoms with Crippen LogP contribution in [0.3, 0.4) is 0 Å². The van der Waals surface area contributed by atoms with E-state index < -0.39 is 22.0 Å². The second-order valence-electron chi connectivity index (χ2n) is 5.51. The standard InChI is InChI=1S/C15H19N3O4S/c1-9-5-12(15(19)20)6-14(10(9)2)23(21,22)17-11(3)13-7-16-18(4)8-13/h5-8,11,17H,1-4H3,(H,19,20). The number of benzene rings is 1. The summed E-state index contributed by atoms with van der Waals surface area (Å²) in [5, 5.41) is 13.1. The van der Waals surface area contributed by atoms with Crippen LogP contribution in [0.4, 0.5) is 0 Å². The average Bonchev–Trinajstić information content (AvgIpc) is 2.87. The van der Waals surface area contributed by atoms with Crippen molar-refractivity contribution >= 4 is 16.0 Å². The molecule has 0 amide bonds. The van der Waals surface area contributed by atoms with E-state index >= 15 is 0 Å². The van der Waals surface area contributed by atoms with E-state index in [-0.39, 0.29) is 10.5 Å². The molecule has 0 aliphatic rings. The van der Waals surface area contributed by atoms with Crippen LogP contribution in [0.15, 0.2) is 29.4 Å². The van der Waals surface area contributed by atoms with Crippen molar-refractivity contribution in [1.82, 2.24) is 14.5 Å². The van der Waals surface area contributed by atoms with Crippen LogP contribution in [0.1, 0.15) is 40.0 Å². The minimum atomic E-state index is -3.86. The molecule has 1 aromatic carbocycles. The summed E-state index contributed by atoms with van der Waals surface area (Å²) >= 11 is 0. The molecule has 2 rings (SSSR count). The number of nitrogens with one attached hydrogen (secondary N) is 1. The van der Waals surface area contributed by atoms with Crippen LogP contribution >= 0.6 is 0 Å². The highest BCUT2D eigenvalue weighted by Gasteiger charge is 2.23. The van der Waals surface area contributed by atoms with E-state index in [4.69, 9.17) is 5.11 Å². The molecular weight excluding hydrogens is 318 g/mol. The first-order valence-corrected chi connectivity index (χ1v) is 8.45. The van der Waals surface area contributed by atoms with Gasteiger partial charge in [0.2, 0.25) is 10.0 Å². The van der Waals surface area contributed by atoms with Crippen molar-refractivity contribution in [2.24, 2.45) is 7.05 Å².